The van der Waals surface area contributed by atoms with E-state index in [-0.39, 0.29) is 6.42 Å². The van der Waals surface area contributed by atoms with Crippen molar-refractivity contribution in [2.45, 2.75) is 18.9 Å². The van der Waals surface area contributed by atoms with E-state index >= 15 is 0 Å². The van der Waals surface area contributed by atoms with Crippen LogP contribution in [-0.2, 0) is 20.8 Å². The van der Waals surface area contributed by atoms with Crippen molar-refractivity contribution in [3.8, 4) is 0 Å². The van der Waals surface area contributed by atoms with Gasteiger partial charge in [0, 0.05) is 0 Å². The Morgan fingerprint density at radius 3 is 2.21 bits per heavy atom. The third-order valence-corrected chi connectivity index (χ3v) is 2.29. The zero-order chi connectivity index (χ0) is 14.4. The number of hydrogen-bond donors (Lipinski definition) is 3. The summed E-state index contributed by atoms with van der Waals surface area (Å²) in [6.07, 6.45) is -0.853. The van der Waals surface area contributed by atoms with Crippen LogP contribution in [0.3, 0.4) is 0 Å². The Bertz CT molecular complexity index is 485. The van der Waals surface area contributed by atoms with Gasteiger partial charge in [-0.1, -0.05) is 12.1 Å². The Balaban J connectivity index is 2.59. The summed E-state index contributed by atoms with van der Waals surface area (Å²) < 4.78 is 12.6. The predicted octanol–water partition coefficient (Wildman–Crippen LogP) is 0.412. The van der Waals surface area contributed by atoms with Gasteiger partial charge in [0.25, 0.3) is 0 Å². The number of nitrogens with one attached hydrogen (secondary N) is 1. The Morgan fingerprint density at radius 1 is 1.16 bits per heavy atom. The number of halogens is 1. The maximum Gasteiger partial charge on any atom is 0.326 e. The summed E-state index contributed by atoms with van der Waals surface area (Å²) in [6, 6.07) is 3.65. The van der Waals surface area contributed by atoms with Crippen LogP contribution >= 0.6 is 0 Å². The smallest absolute Gasteiger partial charge is 0.326 e. The Kier molecular flexibility index (Phi) is 4.99. The summed E-state index contributed by atoms with van der Waals surface area (Å²) in [5, 5.41) is 19.4. The summed E-state index contributed by atoms with van der Waals surface area (Å²) in [7, 11) is 0. The molecule has 19 heavy (non-hydrogen) atoms. The van der Waals surface area contributed by atoms with Crippen molar-refractivity contribution >= 4 is 17.8 Å². The van der Waals surface area contributed by atoms with Crippen molar-refractivity contribution in [3.05, 3.63) is 35.6 Å². The quantitative estimate of drug-likeness (QED) is 0.694. The molecule has 0 radical (unpaired) electrons. The van der Waals surface area contributed by atoms with E-state index in [1.165, 1.54) is 24.3 Å². The number of carbonyl (C=O) groups excluding carboxylic acids is 1. The van der Waals surface area contributed by atoms with Gasteiger partial charge in [-0.3, -0.25) is 9.59 Å². The van der Waals surface area contributed by atoms with Gasteiger partial charge in [-0.2, -0.15) is 0 Å². The van der Waals surface area contributed by atoms with Crippen molar-refractivity contribution in [2.24, 2.45) is 0 Å². The first-order valence-corrected chi connectivity index (χ1v) is 5.37. The normalized spacial score (nSPS) is 11.6. The molecule has 0 aliphatic carbocycles. The average Bonchev–Trinajstić information content (AvgIpc) is 2.30. The highest BCUT2D eigenvalue weighted by Gasteiger charge is 2.22. The van der Waals surface area contributed by atoms with E-state index in [4.69, 9.17) is 10.2 Å². The largest absolute Gasteiger partial charge is 0.481 e. The first-order chi connectivity index (χ1) is 8.88. The minimum Gasteiger partial charge on any atom is -0.481 e. The molecular formula is C12H12FNO5. The molecule has 1 atom stereocenters. The van der Waals surface area contributed by atoms with Crippen molar-refractivity contribution in [1.29, 1.82) is 0 Å². The summed E-state index contributed by atoms with van der Waals surface area (Å²) in [4.78, 5) is 32.7. The minimum atomic E-state index is -1.48. The molecular weight excluding hydrogens is 257 g/mol. The molecule has 1 amide bonds. The second kappa shape index (κ2) is 6.48. The monoisotopic (exact) mass is 269 g/mol. The van der Waals surface area contributed by atoms with Crippen molar-refractivity contribution in [2.75, 3.05) is 0 Å². The average molecular weight is 269 g/mol. The van der Waals surface area contributed by atoms with E-state index in [0.717, 1.165) is 0 Å². The van der Waals surface area contributed by atoms with E-state index < -0.39 is 36.1 Å². The summed E-state index contributed by atoms with van der Waals surface area (Å²) in [5.41, 5.74) is 0.498. The second-order valence-corrected chi connectivity index (χ2v) is 3.86. The van der Waals surface area contributed by atoms with Crippen LogP contribution < -0.4 is 5.32 Å². The molecule has 102 valence electrons. The number of benzene rings is 1. The SMILES string of the molecule is O=C(O)CC(NC(=O)Cc1ccc(F)cc1)C(=O)O. The number of carboxylic acid groups (broad SMARTS) is 2. The fraction of sp³-hybridized carbons (Fsp3) is 0.250. The standard InChI is InChI=1S/C12H12FNO5/c13-8-3-1-7(2-4-8)5-10(15)14-9(12(18)19)6-11(16)17/h1-4,9H,5-6H2,(H,14,15)(H,16,17)(H,18,19). The van der Waals surface area contributed by atoms with Crippen molar-refractivity contribution < 1.29 is 29.0 Å². The van der Waals surface area contributed by atoms with Gasteiger partial charge in [-0.25, -0.2) is 9.18 Å². The molecule has 0 aliphatic heterocycles. The Labute approximate surface area is 107 Å². The first-order valence-electron chi connectivity index (χ1n) is 5.37. The van der Waals surface area contributed by atoms with Crippen LogP contribution in [0.1, 0.15) is 12.0 Å². The van der Waals surface area contributed by atoms with Gasteiger partial charge in [0.2, 0.25) is 5.91 Å². The van der Waals surface area contributed by atoms with Crippen LogP contribution in [0.15, 0.2) is 24.3 Å². The van der Waals surface area contributed by atoms with Crippen LogP contribution in [-0.4, -0.2) is 34.1 Å². The molecule has 0 bridgehead atoms. The van der Waals surface area contributed by atoms with Gasteiger partial charge in [-0.05, 0) is 17.7 Å². The van der Waals surface area contributed by atoms with Crippen LogP contribution in [0.5, 0.6) is 0 Å². The number of carbonyl (C=O) groups is 3. The summed E-state index contributed by atoms with van der Waals surface area (Å²) in [6.45, 7) is 0. The topological polar surface area (TPSA) is 104 Å². The minimum absolute atomic E-state index is 0.149. The lowest BCUT2D eigenvalue weighted by molar-refractivity contribution is -0.147. The van der Waals surface area contributed by atoms with Crippen molar-refractivity contribution in [1.82, 2.24) is 5.32 Å². The molecule has 1 aromatic carbocycles. The molecule has 1 aromatic rings. The highest BCUT2D eigenvalue weighted by atomic mass is 19.1. The fourth-order valence-electron chi connectivity index (χ4n) is 1.41. The van der Waals surface area contributed by atoms with Crippen LogP contribution in [0.4, 0.5) is 4.39 Å². The van der Waals surface area contributed by atoms with E-state index in [2.05, 4.69) is 5.32 Å². The summed E-state index contributed by atoms with van der Waals surface area (Å²) >= 11 is 0. The maximum atomic E-state index is 12.6. The molecule has 1 rings (SSSR count). The maximum absolute atomic E-state index is 12.6. The molecule has 0 saturated heterocycles. The van der Waals surface area contributed by atoms with Gasteiger partial charge in [0.05, 0.1) is 12.8 Å². The van der Waals surface area contributed by atoms with Crippen molar-refractivity contribution in [3.63, 3.8) is 0 Å². The zero-order valence-electron chi connectivity index (χ0n) is 9.80. The number of carboxylic acids is 2. The molecule has 0 saturated carbocycles. The number of rotatable bonds is 6. The van der Waals surface area contributed by atoms with E-state index in [0.29, 0.717) is 5.56 Å². The molecule has 0 heterocycles. The lowest BCUT2D eigenvalue weighted by Crippen LogP contribution is -2.42. The number of hydrogen-bond acceptors (Lipinski definition) is 3. The third-order valence-electron chi connectivity index (χ3n) is 2.29. The second-order valence-electron chi connectivity index (χ2n) is 3.86. The zero-order valence-corrected chi connectivity index (χ0v) is 9.80. The van der Waals surface area contributed by atoms with Gasteiger partial charge in [-0.15, -0.1) is 0 Å². The molecule has 6 nitrogen and oxygen atoms in total. The molecule has 3 N–H and O–H groups in total. The highest BCUT2D eigenvalue weighted by Crippen LogP contribution is 2.04. The van der Waals surface area contributed by atoms with Gasteiger partial charge < -0.3 is 15.5 Å². The number of aliphatic carboxylic acids is 2. The van der Waals surface area contributed by atoms with Gasteiger partial charge in [0.15, 0.2) is 0 Å². The molecule has 7 heteroatoms. The van der Waals surface area contributed by atoms with Gasteiger partial charge >= 0.3 is 11.9 Å². The van der Waals surface area contributed by atoms with E-state index in [1.54, 1.807) is 0 Å². The highest BCUT2D eigenvalue weighted by molar-refractivity contribution is 5.87. The van der Waals surface area contributed by atoms with E-state index in [1.807, 2.05) is 0 Å². The van der Waals surface area contributed by atoms with E-state index in [9.17, 15) is 18.8 Å². The fourth-order valence-corrected chi connectivity index (χ4v) is 1.41. The predicted molar refractivity (Wildman–Crippen MR) is 61.9 cm³/mol. The Hall–Kier alpha value is -2.44. The molecule has 0 spiro atoms. The number of amides is 1. The van der Waals surface area contributed by atoms with Crippen LogP contribution in [0.25, 0.3) is 0 Å². The molecule has 1 unspecified atom stereocenters. The van der Waals surface area contributed by atoms with Crippen LogP contribution in [0, 0.1) is 5.82 Å². The molecule has 0 aromatic heterocycles. The molecule has 0 fully saturated rings. The Morgan fingerprint density at radius 2 is 1.74 bits per heavy atom. The third kappa shape index (κ3) is 5.15. The lowest BCUT2D eigenvalue weighted by Gasteiger charge is -2.12. The van der Waals surface area contributed by atoms with Crippen LogP contribution in [0.2, 0.25) is 0 Å². The molecule has 0 aliphatic rings. The van der Waals surface area contributed by atoms with Gasteiger partial charge in [0.1, 0.15) is 11.9 Å². The first kappa shape index (κ1) is 14.6. The summed E-state index contributed by atoms with van der Waals surface area (Å²) in [5.74, 6) is -3.83. The lowest BCUT2D eigenvalue weighted by atomic mass is 10.1.